The first-order valence-corrected chi connectivity index (χ1v) is 9.15. The third-order valence-corrected chi connectivity index (χ3v) is 4.58. The van der Waals surface area contributed by atoms with E-state index in [9.17, 15) is 14.4 Å². The van der Waals surface area contributed by atoms with Crippen molar-refractivity contribution in [2.24, 2.45) is 0 Å². The average molecular weight is 365 g/mol. The van der Waals surface area contributed by atoms with Gasteiger partial charge >= 0.3 is 6.03 Å². The van der Waals surface area contributed by atoms with Crippen molar-refractivity contribution in [3.05, 3.63) is 29.3 Å². The number of hydrogen-bond acceptors (Lipinski definition) is 5. The van der Waals surface area contributed by atoms with Crippen molar-refractivity contribution in [2.75, 3.05) is 32.0 Å². The first-order valence-electron chi connectivity index (χ1n) is 8.17. The number of carbonyl (C=O) groups excluding carboxylic acids is 3. The quantitative estimate of drug-likeness (QED) is 0.689. The van der Waals surface area contributed by atoms with Gasteiger partial charge in [0.05, 0.1) is 12.4 Å². The summed E-state index contributed by atoms with van der Waals surface area (Å²) in [6.07, 6.45) is 0.681. The van der Waals surface area contributed by atoms with Crippen LogP contribution in [0.15, 0.2) is 18.2 Å². The van der Waals surface area contributed by atoms with Crippen LogP contribution in [0, 0.1) is 13.8 Å². The Labute approximate surface area is 151 Å². The predicted molar refractivity (Wildman–Crippen MR) is 97.0 cm³/mol. The van der Waals surface area contributed by atoms with Crippen LogP contribution in [0.3, 0.4) is 0 Å². The zero-order chi connectivity index (χ0) is 18.2. The normalized spacial score (nSPS) is 13.9. The molecular formula is C17H23N3O4S. The van der Waals surface area contributed by atoms with E-state index in [1.165, 1.54) is 0 Å². The summed E-state index contributed by atoms with van der Waals surface area (Å²) in [7, 11) is 0. The number of nitrogens with one attached hydrogen (secondary N) is 2. The van der Waals surface area contributed by atoms with E-state index in [1.54, 1.807) is 0 Å². The Balaban J connectivity index is 1.56. The maximum Gasteiger partial charge on any atom is 0.314 e. The Kier molecular flexibility index (Phi) is 7.12. The molecule has 0 atom stereocenters. The number of aryl methyl sites for hydroxylation is 2. The minimum absolute atomic E-state index is 0.186. The number of thioether (sulfide) groups is 1. The molecule has 0 aliphatic carbocycles. The smallest absolute Gasteiger partial charge is 0.314 e. The second kappa shape index (κ2) is 9.31. The summed E-state index contributed by atoms with van der Waals surface area (Å²) < 4.78 is 5.77. The molecule has 0 saturated carbocycles. The molecule has 0 spiro atoms. The van der Waals surface area contributed by atoms with E-state index in [4.69, 9.17) is 4.74 Å². The molecule has 25 heavy (non-hydrogen) atoms. The van der Waals surface area contributed by atoms with Crippen LogP contribution in [0.4, 0.5) is 9.59 Å². The van der Waals surface area contributed by atoms with Gasteiger partial charge in [-0.1, -0.05) is 30.0 Å². The van der Waals surface area contributed by atoms with Crippen molar-refractivity contribution < 1.29 is 19.1 Å². The number of amides is 4. The van der Waals surface area contributed by atoms with Crippen LogP contribution in [-0.2, 0) is 4.79 Å². The first-order chi connectivity index (χ1) is 12.0. The molecule has 1 saturated heterocycles. The van der Waals surface area contributed by atoms with Crippen molar-refractivity contribution in [1.29, 1.82) is 0 Å². The lowest BCUT2D eigenvalue weighted by atomic mass is 10.1. The number of carbonyl (C=O) groups is 3. The highest BCUT2D eigenvalue weighted by atomic mass is 32.2. The van der Waals surface area contributed by atoms with Crippen molar-refractivity contribution in [2.45, 2.75) is 20.3 Å². The lowest BCUT2D eigenvalue weighted by Crippen LogP contribution is -2.42. The van der Waals surface area contributed by atoms with Gasteiger partial charge in [0.25, 0.3) is 5.24 Å². The average Bonchev–Trinajstić information content (AvgIpc) is 2.89. The zero-order valence-electron chi connectivity index (χ0n) is 14.5. The molecule has 7 nitrogen and oxygen atoms in total. The summed E-state index contributed by atoms with van der Waals surface area (Å²) in [6, 6.07) is 5.68. The molecular weight excluding hydrogens is 342 g/mol. The molecule has 1 aromatic rings. The molecule has 1 aliphatic heterocycles. The van der Waals surface area contributed by atoms with Crippen molar-refractivity contribution in [3.8, 4) is 5.75 Å². The summed E-state index contributed by atoms with van der Waals surface area (Å²) in [5.74, 6) is 0.872. The van der Waals surface area contributed by atoms with Crippen LogP contribution >= 0.6 is 11.8 Å². The zero-order valence-corrected chi connectivity index (χ0v) is 15.3. The van der Waals surface area contributed by atoms with Crippen molar-refractivity contribution in [3.63, 3.8) is 0 Å². The van der Waals surface area contributed by atoms with E-state index in [0.717, 1.165) is 33.5 Å². The van der Waals surface area contributed by atoms with Crippen molar-refractivity contribution >= 4 is 28.9 Å². The third-order valence-electron chi connectivity index (χ3n) is 3.72. The van der Waals surface area contributed by atoms with Crippen LogP contribution in [0.1, 0.15) is 17.5 Å². The van der Waals surface area contributed by atoms with Gasteiger partial charge in [0.2, 0.25) is 5.91 Å². The van der Waals surface area contributed by atoms with Gasteiger partial charge in [-0.25, -0.2) is 4.79 Å². The Morgan fingerprint density at radius 2 is 1.88 bits per heavy atom. The highest BCUT2D eigenvalue weighted by Gasteiger charge is 2.29. The number of para-hydroxylation sites is 1. The molecule has 2 rings (SSSR count). The third kappa shape index (κ3) is 5.67. The fourth-order valence-electron chi connectivity index (χ4n) is 2.42. The number of rotatable bonds is 8. The lowest BCUT2D eigenvalue weighted by molar-refractivity contribution is -0.124. The van der Waals surface area contributed by atoms with Gasteiger partial charge in [-0.3, -0.25) is 14.5 Å². The van der Waals surface area contributed by atoms with Gasteiger partial charge in [-0.2, -0.15) is 0 Å². The molecule has 4 amide bonds. The monoisotopic (exact) mass is 365 g/mol. The van der Waals surface area contributed by atoms with Gasteiger partial charge in [-0.15, -0.1) is 0 Å². The molecule has 1 heterocycles. The number of hydrogen-bond donors (Lipinski definition) is 2. The number of ether oxygens (including phenoxy) is 1. The van der Waals surface area contributed by atoms with Crippen LogP contribution in [0.2, 0.25) is 0 Å². The van der Waals surface area contributed by atoms with E-state index in [2.05, 4.69) is 10.6 Å². The second-order valence-corrected chi connectivity index (χ2v) is 6.63. The molecule has 8 heteroatoms. The topological polar surface area (TPSA) is 87.7 Å². The molecule has 136 valence electrons. The maximum atomic E-state index is 11.7. The Morgan fingerprint density at radius 1 is 1.20 bits per heavy atom. The van der Waals surface area contributed by atoms with Crippen LogP contribution in [-0.4, -0.2) is 54.1 Å². The molecule has 1 aliphatic rings. The lowest BCUT2D eigenvalue weighted by Gasteiger charge is -2.14. The summed E-state index contributed by atoms with van der Waals surface area (Å²) in [6.45, 7) is 5.44. The second-order valence-electron chi connectivity index (χ2n) is 5.71. The maximum absolute atomic E-state index is 11.7. The fraction of sp³-hybridized carbons (Fsp3) is 0.471. The standard InChI is InChI=1S/C17H23N3O4S/c1-12-5-3-6-13(2)15(12)24-10-4-7-18-16(22)19-8-9-20-14(21)11-25-17(20)23/h3,5-6H,4,7-11H2,1-2H3,(H2,18,19,22). The molecule has 2 N–H and O–H groups in total. The minimum Gasteiger partial charge on any atom is -0.493 e. The molecule has 0 aromatic heterocycles. The SMILES string of the molecule is Cc1cccc(C)c1OCCCNC(=O)NCCN1C(=O)CSC1=O. The molecule has 0 radical (unpaired) electrons. The molecule has 0 unspecified atom stereocenters. The summed E-state index contributed by atoms with van der Waals surface area (Å²) in [4.78, 5) is 35.6. The van der Waals surface area contributed by atoms with Gasteiger partial charge < -0.3 is 15.4 Å². The first kappa shape index (κ1) is 19.1. The van der Waals surface area contributed by atoms with Gasteiger partial charge in [-0.05, 0) is 31.4 Å². The van der Waals surface area contributed by atoms with E-state index in [-0.39, 0.29) is 36.0 Å². The summed E-state index contributed by atoms with van der Waals surface area (Å²) in [5, 5.41) is 5.10. The molecule has 0 bridgehead atoms. The predicted octanol–water partition coefficient (Wildman–Crippen LogP) is 2.07. The van der Waals surface area contributed by atoms with E-state index >= 15 is 0 Å². The molecule has 1 fully saturated rings. The minimum atomic E-state index is -0.321. The summed E-state index contributed by atoms with van der Waals surface area (Å²) >= 11 is 0.987. The summed E-state index contributed by atoms with van der Waals surface area (Å²) in [5.41, 5.74) is 2.18. The van der Waals surface area contributed by atoms with Crippen LogP contribution in [0.5, 0.6) is 5.75 Å². The van der Waals surface area contributed by atoms with E-state index in [1.807, 2.05) is 32.0 Å². The fourth-order valence-corrected chi connectivity index (χ4v) is 3.17. The Bertz CT molecular complexity index is 615. The largest absolute Gasteiger partial charge is 0.493 e. The number of imide groups is 1. The van der Waals surface area contributed by atoms with Crippen molar-refractivity contribution in [1.82, 2.24) is 15.5 Å². The van der Waals surface area contributed by atoms with Gasteiger partial charge in [0.1, 0.15) is 5.75 Å². The van der Waals surface area contributed by atoms with E-state index in [0.29, 0.717) is 19.6 Å². The Hall–Kier alpha value is -2.22. The van der Waals surface area contributed by atoms with Crippen LogP contribution in [0.25, 0.3) is 0 Å². The number of nitrogens with zero attached hydrogens (tertiary/aromatic N) is 1. The highest BCUT2D eigenvalue weighted by Crippen LogP contribution is 2.22. The molecule has 1 aromatic carbocycles. The van der Waals surface area contributed by atoms with Gasteiger partial charge in [0.15, 0.2) is 0 Å². The number of urea groups is 1. The Morgan fingerprint density at radius 3 is 2.52 bits per heavy atom. The highest BCUT2D eigenvalue weighted by molar-refractivity contribution is 8.14. The van der Waals surface area contributed by atoms with E-state index < -0.39 is 0 Å². The van der Waals surface area contributed by atoms with Gasteiger partial charge in [0, 0.05) is 19.6 Å². The van der Waals surface area contributed by atoms with Crippen LogP contribution < -0.4 is 15.4 Å². The number of benzene rings is 1.